The monoisotopic (exact) mass is 476 g/mol. The highest BCUT2D eigenvalue weighted by molar-refractivity contribution is 6.36. The zero-order valence-electron chi connectivity index (χ0n) is 17.7. The van der Waals surface area contributed by atoms with Crippen molar-refractivity contribution in [2.45, 2.75) is 25.3 Å². The van der Waals surface area contributed by atoms with Crippen molar-refractivity contribution < 1.29 is 4.39 Å². The first-order valence-corrected chi connectivity index (χ1v) is 11.3. The maximum atomic E-state index is 14.2. The molecule has 2 atom stereocenters. The van der Waals surface area contributed by atoms with Gasteiger partial charge in [0.15, 0.2) is 5.82 Å². The fraction of sp³-hybridized carbons (Fsp3) is 0.429. The molecular weight excluding hydrogens is 454 g/mol. The molecule has 5 rings (SSSR count). The van der Waals surface area contributed by atoms with E-state index in [2.05, 4.69) is 47.5 Å². The van der Waals surface area contributed by atoms with Gasteiger partial charge in [0.05, 0.1) is 16.8 Å². The fourth-order valence-corrected chi connectivity index (χ4v) is 5.15. The average molecular weight is 477 g/mol. The van der Waals surface area contributed by atoms with Gasteiger partial charge in [-0.25, -0.2) is 9.37 Å². The van der Waals surface area contributed by atoms with Gasteiger partial charge in [-0.3, -0.25) is 5.10 Å². The molecule has 4 heterocycles. The second kappa shape index (κ2) is 8.46. The third-order valence-electron chi connectivity index (χ3n) is 6.20. The lowest BCUT2D eigenvalue weighted by Gasteiger charge is -2.36. The number of aromatic nitrogens is 5. The van der Waals surface area contributed by atoms with E-state index in [1.54, 1.807) is 0 Å². The van der Waals surface area contributed by atoms with E-state index in [9.17, 15) is 4.39 Å². The number of nitrogens with zero attached hydrogens (tertiary/aromatic N) is 6. The van der Waals surface area contributed by atoms with E-state index in [0.717, 1.165) is 31.0 Å². The van der Waals surface area contributed by atoms with Crippen LogP contribution in [-0.2, 0) is 0 Å². The summed E-state index contributed by atoms with van der Waals surface area (Å²) in [6, 6.07) is 4.43. The van der Waals surface area contributed by atoms with E-state index in [1.807, 2.05) is 13.0 Å². The van der Waals surface area contributed by atoms with Gasteiger partial charge in [-0.05, 0) is 45.1 Å². The first-order chi connectivity index (χ1) is 15.4. The molecule has 0 radical (unpaired) electrons. The number of halogens is 3. The molecule has 3 aromatic rings. The van der Waals surface area contributed by atoms with Crippen LogP contribution < -0.4 is 10.2 Å². The Labute approximate surface area is 195 Å². The van der Waals surface area contributed by atoms with Gasteiger partial charge in [0.2, 0.25) is 5.82 Å². The van der Waals surface area contributed by atoms with Crippen molar-refractivity contribution in [1.82, 2.24) is 30.3 Å². The molecule has 0 saturated carbocycles. The average Bonchev–Trinajstić information content (AvgIpc) is 3.45. The van der Waals surface area contributed by atoms with Crippen molar-refractivity contribution >= 4 is 34.7 Å². The van der Waals surface area contributed by atoms with Crippen molar-refractivity contribution in [3.05, 3.63) is 45.4 Å². The molecule has 0 amide bonds. The maximum Gasteiger partial charge on any atom is 0.201 e. The molecular formula is C21H23Cl2FN8. The van der Waals surface area contributed by atoms with Gasteiger partial charge in [0.1, 0.15) is 17.3 Å². The van der Waals surface area contributed by atoms with Crippen LogP contribution in [0.2, 0.25) is 10.0 Å². The molecule has 168 valence electrons. The molecule has 11 heteroatoms. The number of nitrogens with one attached hydrogen (secondary N) is 2. The predicted molar refractivity (Wildman–Crippen MR) is 123 cm³/mol. The Morgan fingerprint density at radius 2 is 2.06 bits per heavy atom. The Kier molecular flexibility index (Phi) is 5.65. The van der Waals surface area contributed by atoms with E-state index in [-0.39, 0.29) is 11.1 Å². The van der Waals surface area contributed by atoms with Crippen LogP contribution in [0.3, 0.4) is 0 Å². The number of aromatic amines is 1. The van der Waals surface area contributed by atoms with Gasteiger partial charge in [-0.2, -0.15) is 5.10 Å². The molecule has 0 spiro atoms. The predicted octanol–water partition coefficient (Wildman–Crippen LogP) is 4.12. The Bertz CT molecular complexity index is 1150. The highest BCUT2D eigenvalue weighted by Crippen LogP contribution is 2.40. The van der Waals surface area contributed by atoms with Gasteiger partial charge >= 0.3 is 0 Å². The van der Waals surface area contributed by atoms with Crippen LogP contribution in [0.25, 0.3) is 11.5 Å². The summed E-state index contributed by atoms with van der Waals surface area (Å²) in [6.07, 6.45) is 1.05. The third-order valence-corrected chi connectivity index (χ3v) is 6.92. The number of anilines is 2. The maximum absolute atomic E-state index is 14.2. The first kappa shape index (κ1) is 21.4. The van der Waals surface area contributed by atoms with E-state index < -0.39 is 5.82 Å². The minimum atomic E-state index is -0.493. The van der Waals surface area contributed by atoms with Gasteiger partial charge < -0.3 is 15.1 Å². The molecule has 2 aliphatic rings. The lowest BCUT2D eigenvalue weighted by atomic mass is 10.0. The largest absolute Gasteiger partial charge is 0.365 e. The zero-order valence-corrected chi connectivity index (χ0v) is 19.3. The minimum Gasteiger partial charge on any atom is -0.365 e. The minimum absolute atomic E-state index is 0.0347. The van der Waals surface area contributed by atoms with Crippen LogP contribution in [0.5, 0.6) is 0 Å². The van der Waals surface area contributed by atoms with Crippen LogP contribution >= 0.6 is 23.2 Å². The molecule has 0 bridgehead atoms. The summed E-state index contributed by atoms with van der Waals surface area (Å²) in [5, 5.41) is 19.9. The quantitative estimate of drug-likeness (QED) is 0.547. The summed E-state index contributed by atoms with van der Waals surface area (Å²) in [4.78, 5) is 9.06. The second-order valence-corrected chi connectivity index (χ2v) is 9.09. The van der Waals surface area contributed by atoms with Gasteiger partial charge in [0.25, 0.3) is 0 Å². The number of hydrogen-bond donors (Lipinski definition) is 2. The van der Waals surface area contributed by atoms with E-state index in [0.29, 0.717) is 46.9 Å². The molecule has 1 aromatic carbocycles. The van der Waals surface area contributed by atoms with Crippen LogP contribution in [0.4, 0.5) is 15.9 Å². The van der Waals surface area contributed by atoms with E-state index in [4.69, 9.17) is 23.2 Å². The zero-order chi connectivity index (χ0) is 22.4. The molecule has 1 unspecified atom stereocenters. The van der Waals surface area contributed by atoms with Crippen molar-refractivity contribution in [3.63, 3.8) is 0 Å². The fourth-order valence-electron chi connectivity index (χ4n) is 4.46. The summed E-state index contributed by atoms with van der Waals surface area (Å²) < 4.78 is 14.2. The summed E-state index contributed by atoms with van der Waals surface area (Å²) in [6.45, 7) is 5.27. The van der Waals surface area contributed by atoms with E-state index >= 15 is 0 Å². The molecule has 2 aliphatic heterocycles. The Morgan fingerprint density at radius 3 is 2.84 bits per heavy atom. The Morgan fingerprint density at radius 1 is 1.22 bits per heavy atom. The van der Waals surface area contributed by atoms with Crippen LogP contribution in [0.15, 0.2) is 18.2 Å². The van der Waals surface area contributed by atoms with Crippen LogP contribution in [0, 0.1) is 5.82 Å². The Balaban J connectivity index is 1.48. The second-order valence-electron chi connectivity index (χ2n) is 8.31. The number of H-pyrrole nitrogens is 1. The van der Waals surface area contributed by atoms with Gasteiger partial charge in [-0.15, -0.1) is 10.2 Å². The first-order valence-electron chi connectivity index (χ1n) is 10.5. The number of likely N-dealkylation sites (N-methyl/N-ethyl adjacent to an activating group) is 1. The Hall–Kier alpha value is -2.49. The SMILES string of the molecule is C[C@H](c1c(Cl)ccc(F)c1Cl)N1CCNc2nnc(-c3n[nH]c(C4CCN(C)C4)n3)cc21. The smallest absolute Gasteiger partial charge is 0.201 e. The van der Waals surface area contributed by atoms with Crippen molar-refractivity contribution in [2.24, 2.45) is 0 Å². The normalized spacial score (nSPS) is 19.7. The number of fused-ring (bicyclic) bond motifs is 1. The number of rotatable bonds is 4. The molecule has 1 fully saturated rings. The topological polar surface area (TPSA) is 85.9 Å². The van der Waals surface area contributed by atoms with Crippen LogP contribution in [0.1, 0.15) is 36.7 Å². The van der Waals surface area contributed by atoms with Gasteiger partial charge in [0, 0.05) is 36.1 Å². The summed E-state index contributed by atoms with van der Waals surface area (Å²) in [5.74, 6) is 1.86. The highest BCUT2D eigenvalue weighted by atomic mass is 35.5. The summed E-state index contributed by atoms with van der Waals surface area (Å²) in [5.41, 5.74) is 1.93. The lowest BCUT2D eigenvalue weighted by Crippen LogP contribution is -2.37. The van der Waals surface area contributed by atoms with E-state index in [1.165, 1.54) is 12.1 Å². The number of hydrogen-bond acceptors (Lipinski definition) is 7. The highest BCUT2D eigenvalue weighted by Gasteiger charge is 2.29. The lowest BCUT2D eigenvalue weighted by molar-refractivity contribution is 0.410. The summed E-state index contributed by atoms with van der Waals surface area (Å²) in [7, 11) is 2.10. The molecule has 1 saturated heterocycles. The third kappa shape index (κ3) is 3.78. The van der Waals surface area contributed by atoms with Crippen molar-refractivity contribution in [2.75, 3.05) is 43.4 Å². The van der Waals surface area contributed by atoms with Crippen LogP contribution in [-0.4, -0.2) is 63.5 Å². The molecule has 2 N–H and O–H groups in total. The molecule has 2 aromatic heterocycles. The van der Waals surface area contributed by atoms with Crippen molar-refractivity contribution in [3.8, 4) is 11.5 Å². The number of likely N-dealkylation sites (tertiary alicyclic amines) is 1. The molecule has 0 aliphatic carbocycles. The molecule has 8 nitrogen and oxygen atoms in total. The molecule has 32 heavy (non-hydrogen) atoms. The number of benzene rings is 1. The van der Waals surface area contributed by atoms with Crippen molar-refractivity contribution in [1.29, 1.82) is 0 Å². The summed E-state index contributed by atoms with van der Waals surface area (Å²) >= 11 is 12.7. The standard InChI is InChI=1S/C21H23Cl2FN8/c1-11(17-13(22)3-4-14(24)18(17)23)32-8-6-25-21-16(32)9-15(27-30-21)20-26-19(28-29-20)12-5-7-31(2)10-12/h3-4,9,11-12H,5-8,10H2,1-2H3,(H,25,30)(H,26,28,29)/t11-,12?/m1/s1. The van der Waals surface area contributed by atoms with Gasteiger partial charge in [-0.1, -0.05) is 23.2 Å².